The lowest BCUT2D eigenvalue weighted by molar-refractivity contribution is 0.313. The van der Waals surface area contributed by atoms with E-state index in [-0.39, 0.29) is 18.4 Å². The molecular formula is C15H23NO4S. The molecule has 1 aliphatic heterocycles. The Morgan fingerprint density at radius 3 is 2.71 bits per heavy atom. The Balaban J connectivity index is 1.97. The Labute approximate surface area is 126 Å². The molecule has 0 fully saturated rings. The molecule has 2 rings (SSSR count). The van der Waals surface area contributed by atoms with Gasteiger partial charge in [0.25, 0.3) is 0 Å². The summed E-state index contributed by atoms with van der Waals surface area (Å²) in [6.07, 6.45) is 0. The lowest BCUT2D eigenvalue weighted by Crippen LogP contribution is -2.32. The van der Waals surface area contributed by atoms with Crippen LogP contribution in [0, 0.1) is 0 Å². The predicted molar refractivity (Wildman–Crippen MR) is 82.8 cm³/mol. The maximum atomic E-state index is 12.0. The molecule has 0 bridgehead atoms. The van der Waals surface area contributed by atoms with Crippen LogP contribution in [0.2, 0.25) is 0 Å². The van der Waals surface area contributed by atoms with Gasteiger partial charge < -0.3 is 14.8 Å². The molecule has 6 heteroatoms. The molecule has 1 aliphatic rings. The van der Waals surface area contributed by atoms with Crippen LogP contribution in [0.4, 0.5) is 0 Å². The van der Waals surface area contributed by atoms with Gasteiger partial charge in [0.1, 0.15) is 24.7 Å². The molecule has 0 saturated carbocycles. The monoisotopic (exact) mass is 313 g/mol. The number of hydrogen-bond acceptors (Lipinski definition) is 5. The van der Waals surface area contributed by atoms with Gasteiger partial charge in [-0.3, -0.25) is 0 Å². The molecule has 1 aromatic carbocycles. The quantitative estimate of drug-likeness (QED) is 0.900. The first-order valence-corrected chi connectivity index (χ1v) is 8.69. The van der Waals surface area contributed by atoms with Gasteiger partial charge in [-0.15, -0.1) is 0 Å². The van der Waals surface area contributed by atoms with Crippen LogP contribution in [-0.4, -0.2) is 39.2 Å². The fourth-order valence-electron chi connectivity index (χ4n) is 2.09. The van der Waals surface area contributed by atoms with Gasteiger partial charge in [-0.05, 0) is 40.0 Å². The maximum absolute atomic E-state index is 12.0. The second kappa shape index (κ2) is 5.85. The highest BCUT2D eigenvalue weighted by Crippen LogP contribution is 2.35. The van der Waals surface area contributed by atoms with Crippen molar-refractivity contribution in [2.75, 3.05) is 26.0 Å². The summed E-state index contributed by atoms with van der Waals surface area (Å²) in [4.78, 5) is 0. The lowest BCUT2D eigenvalue weighted by atomic mass is 10.1. The molecule has 0 amide bonds. The van der Waals surface area contributed by atoms with Crippen molar-refractivity contribution in [2.24, 2.45) is 0 Å². The summed E-state index contributed by atoms with van der Waals surface area (Å²) in [5.74, 6) is 1.44. The molecule has 0 aliphatic carbocycles. The molecule has 1 aromatic rings. The van der Waals surface area contributed by atoms with Crippen molar-refractivity contribution in [3.8, 4) is 11.5 Å². The lowest BCUT2D eigenvalue weighted by Gasteiger charge is -2.19. The van der Waals surface area contributed by atoms with Crippen molar-refractivity contribution in [3.63, 3.8) is 0 Å². The van der Waals surface area contributed by atoms with Gasteiger partial charge in [0, 0.05) is 11.6 Å². The summed E-state index contributed by atoms with van der Waals surface area (Å²) >= 11 is 0. The summed E-state index contributed by atoms with van der Waals surface area (Å²) in [6.45, 7) is 5.85. The van der Waals surface area contributed by atoms with E-state index in [1.165, 1.54) is 0 Å². The van der Waals surface area contributed by atoms with E-state index in [9.17, 15) is 8.42 Å². The van der Waals surface area contributed by atoms with Gasteiger partial charge in [-0.1, -0.05) is 0 Å². The third-order valence-electron chi connectivity index (χ3n) is 3.67. The van der Waals surface area contributed by atoms with Gasteiger partial charge in [0.2, 0.25) is 0 Å². The third kappa shape index (κ3) is 3.49. The van der Waals surface area contributed by atoms with E-state index in [2.05, 4.69) is 5.32 Å². The minimum absolute atomic E-state index is 0.00752. The summed E-state index contributed by atoms with van der Waals surface area (Å²) in [5.41, 5.74) is 1.10. The van der Waals surface area contributed by atoms with Gasteiger partial charge in [0.15, 0.2) is 9.84 Å². The van der Waals surface area contributed by atoms with E-state index in [0.717, 1.165) is 11.3 Å². The summed E-state index contributed by atoms with van der Waals surface area (Å²) < 4.78 is 34.4. The van der Waals surface area contributed by atoms with Crippen molar-refractivity contribution in [2.45, 2.75) is 31.6 Å². The van der Waals surface area contributed by atoms with E-state index in [1.54, 1.807) is 20.8 Å². The zero-order valence-corrected chi connectivity index (χ0v) is 13.8. The molecule has 0 spiro atoms. The Morgan fingerprint density at radius 2 is 2.10 bits per heavy atom. The fourth-order valence-corrected chi connectivity index (χ4v) is 3.01. The van der Waals surface area contributed by atoms with Crippen LogP contribution < -0.4 is 14.8 Å². The number of sulfone groups is 1. The van der Waals surface area contributed by atoms with Gasteiger partial charge in [0.05, 0.1) is 16.5 Å². The zero-order valence-electron chi connectivity index (χ0n) is 13.0. The van der Waals surface area contributed by atoms with Crippen LogP contribution in [-0.2, 0) is 9.84 Å². The van der Waals surface area contributed by atoms with E-state index in [0.29, 0.717) is 12.4 Å². The number of hydrogen-bond donors (Lipinski definition) is 1. The molecule has 0 radical (unpaired) electrons. The molecule has 1 heterocycles. The van der Waals surface area contributed by atoms with Crippen molar-refractivity contribution in [1.29, 1.82) is 0 Å². The van der Waals surface area contributed by atoms with E-state index < -0.39 is 14.6 Å². The Morgan fingerprint density at radius 1 is 1.38 bits per heavy atom. The summed E-state index contributed by atoms with van der Waals surface area (Å²) in [7, 11) is -1.26. The van der Waals surface area contributed by atoms with Crippen LogP contribution in [0.15, 0.2) is 18.2 Å². The highest BCUT2D eigenvalue weighted by Gasteiger charge is 2.28. The van der Waals surface area contributed by atoms with Crippen molar-refractivity contribution in [3.05, 3.63) is 23.8 Å². The highest BCUT2D eigenvalue weighted by molar-refractivity contribution is 7.92. The summed E-state index contributed by atoms with van der Waals surface area (Å²) in [5, 5.41) is 3.17. The number of ether oxygens (including phenoxy) is 2. The van der Waals surface area contributed by atoms with Gasteiger partial charge >= 0.3 is 0 Å². The highest BCUT2D eigenvalue weighted by atomic mass is 32.2. The van der Waals surface area contributed by atoms with Crippen LogP contribution in [0.5, 0.6) is 11.5 Å². The first-order chi connectivity index (χ1) is 9.74. The Bertz CT molecular complexity index is 605. The number of nitrogens with one attached hydrogen (secondary N) is 1. The SMILES string of the molecule is CNC1COc2cc(OCCS(=O)(=O)C(C)(C)C)ccc21. The third-order valence-corrected chi connectivity index (χ3v) is 6.24. The largest absolute Gasteiger partial charge is 0.492 e. The summed E-state index contributed by atoms with van der Waals surface area (Å²) in [6, 6.07) is 5.82. The average Bonchev–Trinajstić information content (AvgIpc) is 2.79. The van der Waals surface area contributed by atoms with Crippen LogP contribution >= 0.6 is 0 Å². The van der Waals surface area contributed by atoms with Crippen LogP contribution in [0.25, 0.3) is 0 Å². The van der Waals surface area contributed by atoms with Crippen molar-refractivity contribution < 1.29 is 17.9 Å². The van der Waals surface area contributed by atoms with Gasteiger partial charge in [-0.2, -0.15) is 0 Å². The minimum atomic E-state index is -3.16. The predicted octanol–water partition coefficient (Wildman–Crippen LogP) is 1.93. The average molecular weight is 313 g/mol. The minimum Gasteiger partial charge on any atom is -0.492 e. The number of fused-ring (bicyclic) bond motifs is 1. The van der Waals surface area contributed by atoms with E-state index in [1.807, 2.05) is 25.2 Å². The zero-order chi connectivity index (χ0) is 15.7. The Hall–Kier alpha value is -1.27. The second-order valence-corrected chi connectivity index (χ2v) is 8.99. The molecular weight excluding hydrogens is 290 g/mol. The van der Waals surface area contributed by atoms with Crippen LogP contribution in [0.1, 0.15) is 32.4 Å². The van der Waals surface area contributed by atoms with E-state index >= 15 is 0 Å². The van der Waals surface area contributed by atoms with Gasteiger partial charge in [-0.25, -0.2) is 8.42 Å². The molecule has 118 valence electrons. The normalized spacial score (nSPS) is 18.2. The standard InChI is InChI=1S/C15H23NO4S/c1-15(2,3)21(17,18)8-7-19-11-5-6-12-13(16-4)10-20-14(12)9-11/h5-6,9,13,16H,7-8,10H2,1-4H3. The number of likely N-dealkylation sites (N-methyl/N-ethyl adjacent to an activating group) is 1. The maximum Gasteiger partial charge on any atom is 0.158 e. The first kappa shape index (κ1) is 16.1. The molecule has 1 atom stereocenters. The molecule has 5 nitrogen and oxygen atoms in total. The fraction of sp³-hybridized carbons (Fsp3) is 0.600. The molecule has 21 heavy (non-hydrogen) atoms. The van der Waals surface area contributed by atoms with Crippen molar-refractivity contribution >= 4 is 9.84 Å². The van der Waals surface area contributed by atoms with Crippen molar-refractivity contribution in [1.82, 2.24) is 5.32 Å². The topological polar surface area (TPSA) is 64.6 Å². The first-order valence-electron chi connectivity index (χ1n) is 7.04. The van der Waals surface area contributed by atoms with Crippen LogP contribution in [0.3, 0.4) is 0 Å². The smallest absolute Gasteiger partial charge is 0.158 e. The molecule has 1 unspecified atom stereocenters. The number of rotatable bonds is 5. The number of benzene rings is 1. The molecule has 1 N–H and O–H groups in total. The van der Waals surface area contributed by atoms with E-state index in [4.69, 9.17) is 9.47 Å². The second-order valence-electron chi connectivity index (χ2n) is 6.13. The Kier molecular flexibility index (Phi) is 4.49. The molecule has 0 saturated heterocycles. The molecule has 0 aromatic heterocycles.